The fourth-order valence-corrected chi connectivity index (χ4v) is 3.21. The predicted molar refractivity (Wildman–Crippen MR) is 103 cm³/mol. The van der Waals surface area contributed by atoms with Gasteiger partial charge in [-0.3, -0.25) is 0 Å². The number of hydrogen-bond donors (Lipinski definition) is 1. The Labute approximate surface area is 158 Å². The summed E-state index contributed by atoms with van der Waals surface area (Å²) in [7, 11) is 0. The van der Waals surface area contributed by atoms with E-state index in [1.165, 1.54) is 0 Å². The normalized spacial score (nSPS) is 11.0. The van der Waals surface area contributed by atoms with E-state index in [2.05, 4.69) is 42.6 Å². The number of aromatic amines is 1. The Morgan fingerprint density at radius 1 is 1.12 bits per heavy atom. The molecule has 0 atom stereocenters. The van der Waals surface area contributed by atoms with Crippen molar-refractivity contribution in [3.63, 3.8) is 0 Å². The fraction of sp³-hybridized carbons (Fsp3) is 0.100. The van der Waals surface area contributed by atoms with Crippen molar-refractivity contribution in [3.8, 4) is 0 Å². The molecule has 0 radical (unpaired) electrons. The van der Waals surface area contributed by atoms with E-state index in [0.29, 0.717) is 12.2 Å². The molecular weight excluding hydrogens is 394 g/mol. The summed E-state index contributed by atoms with van der Waals surface area (Å²) >= 11 is 3.30. The molecule has 0 spiro atoms. The van der Waals surface area contributed by atoms with Crippen molar-refractivity contribution in [1.29, 1.82) is 0 Å². The first kappa shape index (κ1) is 16.6. The van der Waals surface area contributed by atoms with Crippen molar-refractivity contribution in [2.24, 2.45) is 0 Å². The molecule has 0 aliphatic heterocycles. The van der Waals surface area contributed by atoms with E-state index in [-0.39, 0.29) is 12.6 Å². The lowest BCUT2D eigenvalue weighted by Crippen LogP contribution is -2.06. The number of imidazole rings is 1. The molecule has 6 heteroatoms. The van der Waals surface area contributed by atoms with Crippen LogP contribution in [0.2, 0.25) is 0 Å². The summed E-state index contributed by atoms with van der Waals surface area (Å²) in [5.41, 5.74) is 4.59. The van der Waals surface area contributed by atoms with Gasteiger partial charge in [-0.2, -0.15) is 0 Å². The quantitative estimate of drug-likeness (QED) is 0.492. The number of carbonyl (C=O) groups is 1. The Morgan fingerprint density at radius 2 is 1.96 bits per heavy atom. The Balaban J connectivity index is 1.45. The number of halogens is 1. The van der Waals surface area contributed by atoms with E-state index < -0.39 is 0 Å². The van der Waals surface area contributed by atoms with Crippen LogP contribution in [-0.2, 0) is 17.9 Å². The average molecular weight is 410 g/mol. The number of fused-ring (bicyclic) bond motifs is 1. The van der Waals surface area contributed by atoms with Gasteiger partial charge in [0, 0.05) is 17.2 Å². The summed E-state index contributed by atoms with van der Waals surface area (Å²) in [5, 5.41) is 0. The van der Waals surface area contributed by atoms with Gasteiger partial charge < -0.3 is 14.3 Å². The van der Waals surface area contributed by atoms with E-state index >= 15 is 0 Å². The summed E-state index contributed by atoms with van der Waals surface area (Å²) < 4.78 is 8.30. The first-order valence-electron chi connectivity index (χ1n) is 8.18. The van der Waals surface area contributed by atoms with E-state index in [0.717, 1.165) is 26.6 Å². The highest BCUT2D eigenvalue weighted by Crippen LogP contribution is 2.16. The number of rotatable bonds is 5. The summed E-state index contributed by atoms with van der Waals surface area (Å²) in [6.07, 6.45) is 3.55. The summed E-state index contributed by atoms with van der Waals surface area (Å²) in [6, 6.07) is 17.8. The van der Waals surface area contributed by atoms with Gasteiger partial charge in [-0.05, 0) is 45.3 Å². The number of H-pyrrole nitrogens is 1. The Bertz CT molecular complexity index is 1070. The van der Waals surface area contributed by atoms with Crippen LogP contribution < -0.4 is 0 Å². The van der Waals surface area contributed by atoms with E-state index in [4.69, 9.17) is 4.74 Å². The zero-order valence-electron chi connectivity index (χ0n) is 13.9. The molecule has 0 amide bonds. The van der Waals surface area contributed by atoms with Crippen LogP contribution in [0.3, 0.4) is 0 Å². The number of ether oxygens (including phenoxy) is 1. The monoisotopic (exact) mass is 409 g/mol. The van der Waals surface area contributed by atoms with E-state index in [1.54, 1.807) is 12.3 Å². The number of nitrogens with zero attached hydrogens (tertiary/aromatic N) is 2. The van der Waals surface area contributed by atoms with Gasteiger partial charge in [0.25, 0.3) is 0 Å². The third kappa shape index (κ3) is 3.55. The molecule has 2 aromatic heterocycles. The number of benzene rings is 2. The third-order valence-electron chi connectivity index (χ3n) is 4.11. The van der Waals surface area contributed by atoms with Crippen LogP contribution in [0, 0.1) is 0 Å². The van der Waals surface area contributed by atoms with Crippen LogP contribution in [-0.4, -0.2) is 20.5 Å². The highest BCUT2D eigenvalue weighted by molar-refractivity contribution is 9.10. The Kier molecular flexibility index (Phi) is 4.58. The molecule has 1 N–H and O–H groups in total. The molecule has 2 aromatic carbocycles. The third-order valence-corrected chi connectivity index (χ3v) is 4.57. The first-order valence-corrected chi connectivity index (χ1v) is 8.97. The standard InChI is InChI=1S/C20H16BrN3O2/c21-16-9-18(22-10-16)20(25)26-12-15-5-3-4-14(8-15)11-24-13-23-17-6-1-2-7-19(17)24/h1-10,13,22H,11-12H2. The number of nitrogens with one attached hydrogen (secondary N) is 1. The Morgan fingerprint density at radius 3 is 2.81 bits per heavy atom. The zero-order chi connectivity index (χ0) is 17.9. The summed E-state index contributed by atoms with van der Waals surface area (Å²) in [6.45, 7) is 0.944. The van der Waals surface area contributed by atoms with Crippen molar-refractivity contribution in [2.45, 2.75) is 13.2 Å². The maximum Gasteiger partial charge on any atom is 0.355 e. The summed E-state index contributed by atoms with van der Waals surface area (Å²) in [4.78, 5) is 19.3. The second-order valence-electron chi connectivity index (χ2n) is 5.99. The number of hydrogen-bond acceptors (Lipinski definition) is 3. The highest BCUT2D eigenvalue weighted by Gasteiger charge is 2.10. The SMILES string of the molecule is O=C(OCc1cccc(Cn2cnc3ccccc32)c1)c1cc(Br)c[nH]1. The molecule has 0 fully saturated rings. The lowest BCUT2D eigenvalue weighted by molar-refractivity contribution is 0.0466. The Hall–Kier alpha value is -2.86. The molecule has 0 bridgehead atoms. The van der Waals surface area contributed by atoms with Crippen LogP contribution in [0.25, 0.3) is 11.0 Å². The van der Waals surface area contributed by atoms with Crippen molar-refractivity contribution in [2.75, 3.05) is 0 Å². The largest absolute Gasteiger partial charge is 0.456 e. The minimum Gasteiger partial charge on any atom is -0.456 e. The molecule has 0 aliphatic carbocycles. The maximum absolute atomic E-state index is 12.0. The molecule has 0 unspecified atom stereocenters. The van der Waals surface area contributed by atoms with Gasteiger partial charge >= 0.3 is 5.97 Å². The molecule has 5 nitrogen and oxygen atoms in total. The average Bonchev–Trinajstić information content (AvgIpc) is 3.27. The van der Waals surface area contributed by atoms with Gasteiger partial charge in [0.05, 0.1) is 17.4 Å². The zero-order valence-corrected chi connectivity index (χ0v) is 15.4. The fourth-order valence-electron chi connectivity index (χ4n) is 2.86. The van der Waals surface area contributed by atoms with Crippen LogP contribution >= 0.6 is 15.9 Å². The molecule has 0 saturated carbocycles. The van der Waals surface area contributed by atoms with Gasteiger partial charge in [-0.15, -0.1) is 0 Å². The second kappa shape index (κ2) is 7.17. The van der Waals surface area contributed by atoms with Crippen molar-refractivity contribution < 1.29 is 9.53 Å². The maximum atomic E-state index is 12.0. The van der Waals surface area contributed by atoms with Crippen molar-refractivity contribution in [1.82, 2.24) is 14.5 Å². The van der Waals surface area contributed by atoms with Gasteiger partial charge in [-0.25, -0.2) is 9.78 Å². The van der Waals surface area contributed by atoms with Crippen LogP contribution in [0.4, 0.5) is 0 Å². The molecule has 4 aromatic rings. The molecule has 4 rings (SSSR count). The molecular formula is C20H16BrN3O2. The van der Waals surface area contributed by atoms with Gasteiger partial charge in [-0.1, -0.05) is 36.4 Å². The van der Waals surface area contributed by atoms with E-state index in [1.807, 2.05) is 42.7 Å². The predicted octanol–water partition coefficient (Wildman–Crippen LogP) is 4.53. The smallest absolute Gasteiger partial charge is 0.355 e. The van der Waals surface area contributed by atoms with Crippen LogP contribution in [0.5, 0.6) is 0 Å². The van der Waals surface area contributed by atoms with Gasteiger partial charge in [0.2, 0.25) is 0 Å². The molecule has 0 aliphatic rings. The van der Waals surface area contributed by atoms with Crippen molar-refractivity contribution >= 4 is 32.9 Å². The van der Waals surface area contributed by atoms with E-state index in [9.17, 15) is 4.79 Å². The topological polar surface area (TPSA) is 59.9 Å². The first-order chi connectivity index (χ1) is 12.7. The number of para-hydroxylation sites is 2. The number of aromatic nitrogens is 3. The highest BCUT2D eigenvalue weighted by atomic mass is 79.9. The number of carbonyl (C=O) groups excluding carboxylic acids is 1. The lowest BCUT2D eigenvalue weighted by Gasteiger charge is -2.08. The van der Waals surface area contributed by atoms with Gasteiger partial charge in [0.15, 0.2) is 0 Å². The molecule has 0 saturated heterocycles. The minimum absolute atomic E-state index is 0.230. The van der Waals surface area contributed by atoms with Gasteiger partial charge in [0.1, 0.15) is 12.3 Å². The van der Waals surface area contributed by atoms with Crippen molar-refractivity contribution in [3.05, 3.63) is 88.4 Å². The molecule has 130 valence electrons. The van der Waals surface area contributed by atoms with Crippen LogP contribution in [0.1, 0.15) is 21.6 Å². The molecule has 26 heavy (non-hydrogen) atoms. The second-order valence-corrected chi connectivity index (χ2v) is 6.90. The molecule has 2 heterocycles. The number of esters is 1. The summed E-state index contributed by atoms with van der Waals surface area (Å²) in [5.74, 6) is -0.373. The minimum atomic E-state index is -0.373. The lowest BCUT2D eigenvalue weighted by atomic mass is 10.1. The van der Waals surface area contributed by atoms with Crippen LogP contribution in [0.15, 0.2) is 71.6 Å².